The zero-order chi connectivity index (χ0) is 17.1. The van der Waals surface area contributed by atoms with Gasteiger partial charge >= 0.3 is 6.61 Å². The Morgan fingerprint density at radius 1 is 1.04 bits per heavy atom. The molecule has 0 atom stereocenters. The molecule has 0 aliphatic rings. The van der Waals surface area contributed by atoms with Crippen LogP contribution >= 0.6 is 11.8 Å². The lowest BCUT2D eigenvalue weighted by Gasteiger charge is -2.12. The number of imidazole rings is 1. The molecule has 6 heteroatoms. The predicted molar refractivity (Wildman–Crippen MR) is 92.2 cm³/mol. The van der Waals surface area contributed by atoms with E-state index >= 15 is 0 Å². The Bertz CT molecular complexity index is 814. The maximum Gasteiger partial charge on any atom is 0.387 e. The van der Waals surface area contributed by atoms with Gasteiger partial charge < -0.3 is 4.74 Å². The summed E-state index contributed by atoms with van der Waals surface area (Å²) in [5, 5.41) is 0.827. The summed E-state index contributed by atoms with van der Waals surface area (Å²) in [5.74, 6) is 0.136. The molecular weight excluding hydrogens is 330 g/mol. The van der Waals surface area contributed by atoms with E-state index in [-0.39, 0.29) is 5.75 Å². The number of nitrogens with zero attached hydrogens (tertiary/aromatic N) is 2. The van der Waals surface area contributed by atoms with Gasteiger partial charge in [0.15, 0.2) is 5.16 Å². The second-order valence-corrected chi connectivity index (χ2v) is 5.98. The van der Waals surface area contributed by atoms with Gasteiger partial charge in [0.05, 0.1) is 11.9 Å². The first-order valence-electron chi connectivity index (χ1n) is 7.32. The minimum atomic E-state index is -2.83. The lowest BCUT2D eigenvalue weighted by atomic mass is 10.1. The summed E-state index contributed by atoms with van der Waals surface area (Å²) in [4.78, 5) is 4.46. The summed E-state index contributed by atoms with van der Waals surface area (Å²) < 4.78 is 31.0. The first-order valence-corrected chi connectivity index (χ1v) is 8.55. The highest BCUT2D eigenvalue weighted by Gasteiger charge is 2.13. The summed E-state index contributed by atoms with van der Waals surface area (Å²) in [7, 11) is 0. The lowest BCUT2D eigenvalue weighted by molar-refractivity contribution is -0.0498. The molecule has 0 spiro atoms. The van der Waals surface area contributed by atoms with Gasteiger partial charge in [-0.2, -0.15) is 8.78 Å². The van der Waals surface area contributed by atoms with Crippen LogP contribution in [0.2, 0.25) is 0 Å². The molecule has 1 heterocycles. The number of halogens is 2. The van der Waals surface area contributed by atoms with Gasteiger partial charge in [-0.25, -0.2) is 4.98 Å². The number of thioether (sulfide) groups is 1. The predicted octanol–water partition coefficient (Wildman–Crippen LogP) is 5.17. The summed E-state index contributed by atoms with van der Waals surface area (Å²) in [6.45, 7) is -0.787. The van der Waals surface area contributed by atoms with Crippen LogP contribution in [0, 0.1) is 6.92 Å². The Balaban J connectivity index is 2.03. The molecule has 24 heavy (non-hydrogen) atoms. The first kappa shape index (κ1) is 16.5. The van der Waals surface area contributed by atoms with Crippen LogP contribution in [0.25, 0.3) is 16.9 Å². The van der Waals surface area contributed by atoms with Crippen LogP contribution in [-0.4, -0.2) is 22.4 Å². The SMILES string of the molecule is CSc1ncc(-c2ccc(C)cc2)n1-c1ccc(OC(F)F)cc1. The van der Waals surface area contributed by atoms with E-state index in [1.807, 2.05) is 48.2 Å². The second-order valence-electron chi connectivity index (χ2n) is 5.20. The first-order chi connectivity index (χ1) is 11.6. The molecule has 0 saturated carbocycles. The molecular formula is C18H16F2N2OS. The number of hydrogen-bond donors (Lipinski definition) is 0. The van der Waals surface area contributed by atoms with Gasteiger partial charge in [0.2, 0.25) is 0 Å². The van der Waals surface area contributed by atoms with Gasteiger partial charge in [-0.1, -0.05) is 41.6 Å². The number of benzene rings is 2. The standard InChI is InChI=1S/C18H16F2N2OS/c1-12-3-5-13(6-4-12)16-11-21-18(24-2)22(16)14-7-9-15(10-8-14)23-17(19)20/h3-11,17H,1-2H3. The monoisotopic (exact) mass is 346 g/mol. The van der Waals surface area contributed by atoms with Crippen LogP contribution in [-0.2, 0) is 0 Å². The number of hydrogen-bond acceptors (Lipinski definition) is 3. The number of rotatable bonds is 5. The van der Waals surface area contributed by atoms with Crippen molar-refractivity contribution in [3.8, 4) is 22.7 Å². The van der Waals surface area contributed by atoms with Crippen molar-refractivity contribution < 1.29 is 13.5 Å². The Hall–Kier alpha value is -2.34. The number of aromatic nitrogens is 2. The van der Waals surface area contributed by atoms with Crippen molar-refractivity contribution in [2.24, 2.45) is 0 Å². The van der Waals surface area contributed by atoms with Crippen molar-refractivity contribution in [2.45, 2.75) is 18.7 Å². The zero-order valence-electron chi connectivity index (χ0n) is 13.2. The third kappa shape index (κ3) is 3.43. The van der Waals surface area contributed by atoms with Gasteiger partial charge in [0, 0.05) is 11.3 Å². The van der Waals surface area contributed by atoms with Crippen LogP contribution < -0.4 is 4.74 Å². The molecule has 0 radical (unpaired) electrons. The van der Waals surface area contributed by atoms with Crippen molar-refractivity contribution in [1.29, 1.82) is 0 Å². The quantitative estimate of drug-likeness (QED) is 0.596. The van der Waals surface area contributed by atoms with Gasteiger partial charge in [-0.15, -0.1) is 0 Å². The van der Waals surface area contributed by atoms with Crippen LogP contribution in [0.1, 0.15) is 5.56 Å². The maximum absolute atomic E-state index is 12.3. The minimum absolute atomic E-state index is 0.136. The van der Waals surface area contributed by atoms with E-state index in [1.165, 1.54) is 29.5 Å². The fraction of sp³-hybridized carbons (Fsp3) is 0.167. The second kappa shape index (κ2) is 7.05. The Morgan fingerprint density at radius 3 is 2.29 bits per heavy atom. The molecule has 0 unspecified atom stereocenters. The Morgan fingerprint density at radius 2 is 1.71 bits per heavy atom. The maximum atomic E-state index is 12.3. The van der Waals surface area contributed by atoms with Crippen LogP contribution in [0.4, 0.5) is 8.78 Å². The summed E-state index contributed by atoms with van der Waals surface area (Å²) >= 11 is 1.52. The number of alkyl halides is 2. The van der Waals surface area contributed by atoms with E-state index in [9.17, 15) is 8.78 Å². The Labute approximate surface area is 143 Å². The van der Waals surface area contributed by atoms with Crippen LogP contribution in [0.5, 0.6) is 5.75 Å². The molecule has 0 bridgehead atoms. The fourth-order valence-corrected chi connectivity index (χ4v) is 2.98. The molecule has 0 N–H and O–H groups in total. The molecule has 124 valence electrons. The number of ether oxygens (including phenoxy) is 1. The van der Waals surface area contributed by atoms with Crippen LogP contribution in [0.3, 0.4) is 0 Å². The number of aryl methyl sites for hydroxylation is 1. The molecule has 3 rings (SSSR count). The Kier molecular flexibility index (Phi) is 4.85. The van der Waals surface area contributed by atoms with Gasteiger partial charge in [-0.3, -0.25) is 4.57 Å². The largest absolute Gasteiger partial charge is 0.435 e. The molecule has 0 amide bonds. The third-order valence-corrected chi connectivity index (χ3v) is 4.23. The molecule has 0 aliphatic heterocycles. The average molecular weight is 346 g/mol. The third-order valence-electron chi connectivity index (χ3n) is 3.58. The highest BCUT2D eigenvalue weighted by Crippen LogP contribution is 2.30. The molecule has 0 fully saturated rings. The average Bonchev–Trinajstić information content (AvgIpc) is 3.00. The molecule has 2 aromatic carbocycles. The van der Waals surface area contributed by atoms with E-state index in [1.54, 1.807) is 12.1 Å². The van der Waals surface area contributed by atoms with Crippen molar-refractivity contribution in [3.05, 3.63) is 60.3 Å². The van der Waals surface area contributed by atoms with Gasteiger partial charge in [0.1, 0.15) is 5.75 Å². The minimum Gasteiger partial charge on any atom is -0.435 e. The summed E-state index contributed by atoms with van der Waals surface area (Å²) in [6, 6.07) is 14.7. The van der Waals surface area contributed by atoms with Crippen molar-refractivity contribution in [3.63, 3.8) is 0 Å². The highest BCUT2D eigenvalue weighted by molar-refractivity contribution is 7.98. The van der Waals surface area contributed by atoms with E-state index in [4.69, 9.17) is 0 Å². The van der Waals surface area contributed by atoms with E-state index in [0.717, 1.165) is 22.1 Å². The van der Waals surface area contributed by atoms with Gasteiger partial charge in [0.25, 0.3) is 0 Å². The van der Waals surface area contributed by atoms with E-state index < -0.39 is 6.61 Å². The van der Waals surface area contributed by atoms with Crippen molar-refractivity contribution >= 4 is 11.8 Å². The van der Waals surface area contributed by atoms with Crippen molar-refractivity contribution in [1.82, 2.24) is 9.55 Å². The zero-order valence-corrected chi connectivity index (χ0v) is 14.1. The fourth-order valence-electron chi connectivity index (χ4n) is 2.43. The normalized spacial score (nSPS) is 11.0. The highest BCUT2D eigenvalue weighted by atomic mass is 32.2. The van der Waals surface area contributed by atoms with Crippen molar-refractivity contribution in [2.75, 3.05) is 6.26 Å². The molecule has 3 nitrogen and oxygen atoms in total. The molecule has 1 aromatic heterocycles. The molecule has 3 aromatic rings. The van der Waals surface area contributed by atoms with Crippen LogP contribution in [0.15, 0.2) is 59.9 Å². The molecule has 0 aliphatic carbocycles. The van der Waals surface area contributed by atoms with E-state index in [2.05, 4.69) is 9.72 Å². The van der Waals surface area contributed by atoms with Gasteiger partial charge in [-0.05, 0) is 37.4 Å². The summed E-state index contributed by atoms with van der Waals surface area (Å²) in [5.41, 5.74) is 4.01. The smallest absolute Gasteiger partial charge is 0.387 e. The topological polar surface area (TPSA) is 27.1 Å². The lowest BCUT2D eigenvalue weighted by Crippen LogP contribution is -2.03. The summed E-state index contributed by atoms with van der Waals surface area (Å²) in [6.07, 6.45) is 3.77. The van der Waals surface area contributed by atoms with E-state index in [0.29, 0.717) is 0 Å². The molecule has 0 saturated heterocycles.